The third-order valence-corrected chi connectivity index (χ3v) is 5.07. The van der Waals surface area contributed by atoms with E-state index in [1.54, 1.807) is 6.07 Å². The second-order valence-corrected chi connectivity index (χ2v) is 6.96. The second-order valence-electron chi connectivity index (χ2n) is 6.04. The number of halogens is 2. The van der Waals surface area contributed by atoms with Crippen LogP contribution in [0, 0.1) is 11.7 Å². The van der Waals surface area contributed by atoms with Crippen LogP contribution in [0.3, 0.4) is 0 Å². The smallest absolute Gasteiger partial charge is 0.124 e. The molecule has 0 aromatic heterocycles. The first-order valence-corrected chi connectivity index (χ1v) is 8.23. The van der Waals surface area contributed by atoms with Gasteiger partial charge in [0.1, 0.15) is 5.82 Å². The third-order valence-electron chi connectivity index (χ3n) is 4.61. The normalized spacial score (nSPS) is 26.7. The summed E-state index contributed by atoms with van der Waals surface area (Å²) in [6, 6.07) is 4.61. The second kappa shape index (κ2) is 6.32. The zero-order valence-corrected chi connectivity index (χ0v) is 13.4. The quantitative estimate of drug-likeness (QED) is 0.877. The van der Waals surface area contributed by atoms with E-state index in [9.17, 15) is 9.50 Å². The van der Waals surface area contributed by atoms with E-state index < -0.39 is 6.10 Å². The molecule has 3 nitrogen and oxygen atoms in total. The largest absolute Gasteiger partial charge is 0.388 e. The molecule has 21 heavy (non-hydrogen) atoms. The standard InChI is InChI=1S/C16H20BrFO3/c17-13-7-12(8-14(18)9-13)15(19)11-1-4-21-16(10-11)2-5-20-6-3-16/h7-9,11,15,19H,1-6,10H2. The summed E-state index contributed by atoms with van der Waals surface area (Å²) in [5.74, 6) is -0.225. The number of hydrogen-bond acceptors (Lipinski definition) is 3. The maximum atomic E-state index is 13.5. The third kappa shape index (κ3) is 3.47. The van der Waals surface area contributed by atoms with Crippen LogP contribution < -0.4 is 0 Å². The average Bonchev–Trinajstić information content (AvgIpc) is 2.46. The lowest BCUT2D eigenvalue weighted by Crippen LogP contribution is -2.45. The molecule has 2 fully saturated rings. The van der Waals surface area contributed by atoms with E-state index in [-0.39, 0.29) is 17.3 Å². The zero-order chi connectivity index (χ0) is 14.9. The Bertz CT molecular complexity index is 477. The molecule has 3 rings (SSSR count). The van der Waals surface area contributed by atoms with E-state index in [0.29, 0.717) is 29.9 Å². The lowest BCUT2D eigenvalue weighted by Gasteiger charge is -2.44. The Hall–Kier alpha value is -0.490. The van der Waals surface area contributed by atoms with Gasteiger partial charge in [0.2, 0.25) is 0 Å². The summed E-state index contributed by atoms with van der Waals surface area (Å²) in [6.07, 6.45) is 2.72. The van der Waals surface area contributed by atoms with Crippen LogP contribution >= 0.6 is 15.9 Å². The lowest BCUT2D eigenvalue weighted by atomic mass is 9.77. The van der Waals surface area contributed by atoms with Crippen LogP contribution in [0.15, 0.2) is 22.7 Å². The van der Waals surface area contributed by atoms with Crippen LogP contribution in [0.25, 0.3) is 0 Å². The van der Waals surface area contributed by atoms with Crippen LogP contribution in [0.5, 0.6) is 0 Å². The van der Waals surface area contributed by atoms with Gasteiger partial charge in [0, 0.05) is 24.3 Å². The average molecular weight is 359 g/mol. The molecular weight excluding hydrogens is 339 g/mol. The van der Waals surface area contributed by atoms with Gasteiger partial charge in [-0.05, 0) is 55.4 Å². The topological polar surface area (TPSA) is 38.7 Å². The molecule has 1 aromatic rings. The van der Waals surface area contributed by atoms with Gasteiger partial charge in [0.15, 0.2) is 0 Å². The summed E-state index contributed by atoms with van der Waals surface area (Å²) < 4.78 is 25.6. The van der Waals surface area contributed by atoms with Crippen LogP contribution in [-0.4, -0.2) is 30.5 Å². The van der Waals surface area contributed by atoms with Crippen molar-refractivity contribution in [2.75, 3.05) is 19.8 Å². The summed E-state index contributed by atoms with van der Waals surface area (Å²) in [5.41, 5.74) is 0.475. The zero-order valence-electron chi connectivity index (χ0n) is 11.9. The molecule has 2 aliphatic rings. The summed E-state index contributed by atoms with van der Waals surface area (Å²) in [4.78, 5) is 0. The minimum atomic E-state index is -0.652. The van der Waals surface area contributed by atoms with Crippen molar-refractivity contribution in [2.24, 2.45) is 5.92 Å². The molecule has 2 heterocycles. The molecule has 5 heteroatoms. The molecule has 116 valence electrons. The highest BCUT2D eigenvalue weighted by molar-refractivity contribution is 9.10. The molecule has 1 spiro atoms. The van der Waals surface area contributed by atoms with Crippen molar-refractivity contribution in [3.8, 4) is 0 Å². The van der Waals surface area contributed by atoms with E-state index in [4.69, 9.17) is 9.47 Å². The van der Waals surface area contributed by atoms with Crippen molar-refractivity contribution in [3.63, 3.8) is 0 Å². The Labute approximate surface area is 132 Å². The number of hydrogen-bond donors (Lipinski definition) is 1. The monoisotopic (exact) mass is 358 g/mol. The van der Waals surface area contributed by atoms with E-state index in [0.717, 1.165) is 25.7 Å². The summed E-state index contributed by atoms with van der Waals surface area (Å²) in [6.45, 7) is 2.08. The first-order chi connectivity index (χ1) is 10.1. The van der Waals surface area contributed by atoms with Crippen LogP contribution in [0.4, 0.5) is 4.39 Å². The van der Waals surface area contributed by atoms with E-state index in [1.807, 2.05) is 0 Å². The molecule has 1 N–H and O–H groups in total. The van der Waals surface area contributed by atoms with E-state index in [2.05, 4.69) is 15.9 Å². The van der Waals surface area contributed by atoms with Crippen LogP contribution in [-0.2, 0) is 9.47 Å². The number of aliphatic hydroxyl groups is 1. The number of benzene rings is 1. The lowest BCUT2D eigenvalue weighted by molar-refractivity contribution is -0.159. The maximum Gasteiger partial charge on any atom is 0.124 e. The number of aliphatic hydroxyl groups excluding tert-OH is 1. The van der Waals surface area contributed by atoms with Gasteiger partial charge in [-0.15, -0.1) is 0 Å². The van der Waals surface area contributed by atoms with E-state index in [1.165, 1.54) is 12.1 Å². The number of rotatable bonds is 2. The Kier molecular flexibility index (Phi) is 4.64. The maximum absolute atomic E-state index is 13.5. The summed E-state index contributed by atoms with van der Waals surface area (Å²) in [7, 11) is 0. The summed E-state index contributed by atoms with van der Waals surface area (Å²) in [5, 5.41) is 10.6. The van der Waals surface area contributed by atoms with Crippen LogP contribution in [0.1, 0.15) is 37.4 Å². The molecule has 0 radical (unpaired) electrons. The van der Waals surface area contributed by atoms with Gasteiger partial charge in [-0.25, -0.2) is 4.39 Å². The molecule has 0 bridgehead atoms. The van der Waals surface area contributed by atoms with Gasteiger partial charge in [-0.1, -0.05) is 15.9 Å². The molecule has 1 aromatic carbocycles. The highest BCUT2D eigenvalue weighted by Crippen LogP contribution is 2.42. The Morgan fingerprint density at radius 2 is 2.00 bits per heavy atom. The predicted octanol–water partition coefficient (Wildman–Crippen LogP) is 3.60. The molecule has 2 aliphatic heterocycles. The van der Waals surface area contributed by atoms with Crippen molar-refractivity contribution in [1.29, 1.82) is 0 Å². The van der Waals surface area contributed by atoms with Gasteiger partial charge in [0.25, 0.3) is 0 Å². The first-order valence-electron chi connectivity index (χ1n) is 7.44. The van der Waals surface area contributed by atoms with Gasteiger partial charge >= 0.3 is 0 Å². The molecule has 0 aliphatic carbocycles. The highest BCUT2D eigenvalue weighted by atomic mass is 79.9. The Morgan fingerprint density at radius 3 is 2.71 bits per heavy atom. The predicted molar refractivity (Wildman–Crippen MR) is 80.5 cm³/mol. The number of ether oxygens (including phenoxy) is 2. The molecule has 2 saturated heterocycles. The van der Waals surface area contributed by atoms with Gasteiger partial charge in [-0.2, -0.15) is 0 Å². The Morgan fingerprint density at radius 1 is 1.24 bits per heavy atom. The Balaban J connectivity index is 1.76. The fraction of sp³-hybridized carbons (Fsp3) is 0.625. The molecule has 2 unspecified atom stereocenters. The minimum absolute atomic E-state index is 0.102. The van der Waals surface area contributed by atoms with Crippen LogP contribution in [0.2, 0.25) is 0 Å². The fourth-order valence-electron chi connectivity index (χ4n) is 3.45. The van der Waals surface area contributed by atoms with Crippen molar-refractivity contribution in [1.82, 2.24) is 0 Å². The fourth-order valence-corrected chi connectivity index (χ4v) is 3.93. The summed E-state index contributed by atoms with van der Waals surface area (Å²) >= 11 is 3.28. The van der Waals surface area contributed by atoms with Gasteiger partial charge in [0.05, 0.1) is 11.7 Å². The van der Waals surface area contributed by atoms with E-state index >= 15 is 0 Å². The molecule has 0 amide bonds. The van der Waals surface area contributed by atoms with Crippen molar-refractivity contribution in [2.45, 2.75) is 37.4 Å². The van der Waals surface area contributed by atoms with Crippen molar-refractivity contribution in [3.05, 3.63) is 34.1 Å². The first kappa shape index (κ1) is 15.4. The van der Waals surface area contributed by atoms with Gasteiger partial charge in [-0.3, -0.25) is 0 Å². The van der Waals surface area contributed by atoms with Crippen molar-refractivity contribution >= 4 is 15.9 Å². The SMILES string of the molecule is OC(c1cc(F)cc(Br)c1)C1CCOC2(CCOCC2)C1. The minimum Gasteiger partial charge on any atom is -0.388 e. The highest BCUT2D eigenvalue weighted by Gasteiger charge is 2.41. The molecule has 0 saturated carbocycles. The molecule has 2 atom stereocenters. The molecular formula is C16H20BrFO3. The van der Waals surface area contributed by atoms with Crippen molar-refractivity contribution < 1.29 is 19.0 Å². The van der Waals surface area contributed by atoms with Gasteiger partial charge < -0.3 is 14.6 Å².